The zero-order chi connectivity index (χ0) is 13.9. The Labute approximate surface area is 113 Å². The SMILES string of the molecule is CCC(C#N)S(=O)(=O)Nc1cccc2c1CNCC2. The van der Waals surface area contributed by atoms with Crippen molar-refractivity contribution in [2.45, 2.75) is 31.6 Å². The molecular formula is C13H17N3O2S. The third kappa shape index (κ3) is 2.88. The van der Waals surface area contributed by atoms with Gasteiger partial charge in [0, 0.05) is 6.54 Å². The van der Waals surface area contributed by atoms with Gasteiger partial charge in [0.1, 0.15) is 0 Å². The van der Waals surface area contributed by atoms with E-state index in [2.05, 4.69) is 10.0 Å². The van der Waals surface area contributed by atoms with Crippen molar-refractivity contribution in [3.8, 4) is 6.07 Å². The Morgan fingerprint density at radius 2 is 2.32 bits per heavy atom. The third-order valence-corrected chi connectivity index (χ3v) is 4.98. The van der Waals surface area contributed by atoms with Gasteiger partial charge >= 0.3 is 0 Å². The fourth-order valence-corrected chi connectivity index (χ4v) is 3.43. The molecule has 0 aliphatic carbocycles. The highest BCUT2D eigenvalue weighted by atomic mass is 32.2. The van der Waals surface area contributed by atoms with Crippen LogP contribution < -0.4 is 10.0 Å². The molecule has 1 aromatic carbocycles. The Kier molecular flexibility index (Phi) is 4.08. The molecule has 0 saturated carbocycles. The monoisotopic (exact) mass is 279 g/mol. The summed E-state index contributed by atoms with van der Waals surface area (Å²) in [5.41, 5.74) is 2.72. The number of anilines is 1. The van der Waals surface area contributed by atoms with E-state index in [1.165, 1.54) is 0 Å². The van der Waals surface area contributed by atoms with Crippen molar-refractivity contribution in [1.29, 1.82) is 5.26 Å². The average molecular weight is 279 g/mol. The van der Waals surface area contributed by atoms with E-state index in [1.807, 2.05) is 18.2 Å². The number of rotatable bonds is 4. The van der Waals surface area contributed by atoms with Crippen LogP contribution in [0.3, 0.4) is 0 Å². The fraction of sp³-hybridized carbons (Fsp3) is 0.462. The van der Waals surface area contributed by atoms with E-state index in [0.29, 0.717) is 12.2 Å². The highest BCUT2D eigenvalue weighted by molar-refractivity contribution is 7.93. The predicted octanol–water partition coefficient (Wildman–Crippen LogP) is 1.38. The van der Waals surface area contributed by atoms with Gasteiger partial charge in [0.05, 0.1) is 11.8 Å². The molecule has 0 radical (unpaired) electrons. The lowest BCUT2D eigenvalue weighted by Gasteiger charge is -2.21. The van der Waals surface area contributed by atoms with Crippen LogP contribution in [-0.4, -0.2) is 20.2 Å². The van der Waals surface area contributed by atoms with Crippen molar-refractivity contribution >= 4 is 15.7 Å². The van der Waals surface area contributed by atoms with Crippen molar-refractivity contribution < 1.29 is 8.42 Å². The first-order chi connectivity index (χ1) is 9.08. The molecule has 1 heterocycles. The van der Waals surface area contributed by atoms with Gasteiger partial charge in [0.15, 0.2) is 5.25 Å². The number of fused-ring (bicyclic) bond motifs is 1. The van der Waals surface area contributed by atoms with Crippen LogP contribution >= 0.6 is 0 Å². The van der Waals surface area contributed by atoms with Gasteiger partial charge in [-0.2, -0.15) is 5.26 Å². The Hall–Kier alpha value is -1.58. The summed E-state index contributed by atoms with van der Waals surface area (Å²) in [6.45, 7) is 3.24. The molecule has 1 aromatic rings. The smallest absolute Gasteiger partial charge is 0.249 e. The third-order valence-electron chi connectivity index (χ3n) is 3.29. The van der Waals surface area contributed by atoms with Gasteiger partial charge in [-0.1, -0.05) is 19.1 Å². The molecule has 1 aliphatic rings. The largest absolute Gasteiger partial charge is 0.312 e. The normalized spacial score (nSPS) is 16.2. The second kappa shape index (κ2) is 5.59. The van der Waals surface area contributed by atoms with Gasteiger partial charge in [0.2, 0.25) is 10.0 Å². The Balaban J connectivity index is 2.32. The van der Waals surface area contributed by atoms with Gasteiger partial charge in [-0.15, -0.1) is 0 Å². The van der Waals surface area contributed by atoms with Crippen LogP contribution in [0.2, 0.25) is 0 Å². The summed E-state index contributed by atoms with van der Waals surface area (Å²) in [5.74, 6) is 0. The minimum Gasteiger partial charge on any atom is -0.312 e. The molecule has 0 spiro atoms. The van der Waals surface area contributed by atoms with Crippen LogP contribution in [0.25, 0.3) is 0 Å². The van der Waals surface area contributed by atoms with E-state index < -0.39 is 15.3 Å². The molecule has 0 bridgehead atoms. The molecule has 5 nitrogen and oxygen atoms in total. The Morgan fingerprint density at radius 3 is 3.00 bits per heavy atom. The minimum atomic E-state index is -3.65. The lowest BCUT2D eigenvalue weighted by molar-refractivity contribution is 0.592. The summed E-state index contributed by atoms with van der Waals surface area (Å²) >= 11 is 0. The van der Waals surface area contributed by atoms with Gasteiger partial charge in [-0.05, 0) is 36.6 Å². The Morgan fingerprint density at radius 1 is 1.53 bits per heavy atom. The highest BCUT2D eigenvalue weighted by Crippen LogP contribution is 2.24. The summed E-state index contributed by atoms with van der Waals surface area (Å²) in [4.78, 5) is 0. The molecule has 1 unspecified atom stereocenters. The molecule has 102 valence electrons. The van der Waals surface area contributed by atoms with E-state index >= 15 is 0 Å². The standard InChI is InChI=1S/C13H17N3O2S/c1-2-11(8-14)19(17,18)16-13-5-3-4-10-6-7-15-9-12(10)13/h3-5,11,15-16H,2,6-7,9H2,1H3. The quantitative estimate of drug-likeness (QED) is 0.872. The van der Waals surface area contributed by atoms with Gasteiger partial charge in [-0.25, -0.2) is 8.42 Å². The number of nitriles is 1. The maximum Gasteiger partial charge on any atom is 0.249 e. The second-order valence-corrected chi connectivity index (χ2v) is 6.41. The van der Waals surface area contributed by atoms with Gasteiger partial charge in [-0.3, -0.25) is 4.72 Å². The first kappa shape index (κ1) is 13.8. The maximum atomic E-state index is 12.1. The Bertz CT molecular complexity index is 605. The van der Waals surface area contributed by atoms with E-state index in [0.717, 1.165) is 24.1 Å². The molecule has 0 fully saturated rings. The molecule has 0 saturated heterocycles. The van der Waals surface area contributed by atoms with Gasteiger partial charge < -0.3 is 5.32 Å². The first-order valence-electron chi connectivity index (χ1n) is 6.31. The van der Waals surface area contributed by atoms with Crippen LogP contribution in [0, 0.1) is 11.3 Å². The number of nitrogens with zero attached hydrogens (tertiary/aromatic N) is 1. The summed E-state index contributed by atoms with van der Waals surface area (Å²) in [6.07, 6.45) is 1.17. The van der Waals surface area contributed by atoms with E-state index in [1.54, 1.807) is 13.0 Å². The molecule has 1 aliphatic heterocycles. The number of hydrogen-bond acceptors (Lipinski definition) is 4. The van der Waals surface area contributed by atoms with Crippen molar-refractivity contribution in [2.24, 2.45) is 0 Å². The van der Waals surface area contributed by atoms with E-state index in [4.69, 9.17) is 5.26 Å². The van der Waals surface area contributed by atoms with E-state index in [9.17, 15) is 8.42 Å². The summed E-state index contributed by atoms with van der Waals surface area (Å²) < 4.78 is 26.7. The van der Waals surface area contributed by atoms with Crippen molar-refractivity contribution in [3.63, 3.8) is 0 Å². The molecular weight excluding hydrogens is 262 g/mol. The summed E-state index contributed by atoms with van der Waals surface area (Å²) in [6, 6.07) is 7.42. The number of benzene rings is 1. The lowest BCUT2D eigenvalue weighted by atomic mass is 10.00. The van der Waals surface area contributed by atoms with E-state index in [-0.39, 0.29) is 6.42 Å². The van der Waals surface area contributed by atoms with Crippen LogP contribution in [0.4, 0.5) is 5.69 Å². The lowest BCUT2D eigenvalue weighted by Crippen LogP contribution is -2.29. The molecule has 2 N–H and O–H groups in total. The molecule has 0 aromatic heterocycles. The van der Waals surface area contributed by atoms with Crippen LogP contribution in [0.15, 0.2) is 18.2 Å². The molecule has 19 heavy (non-hydrogen) atoms. The van der Waals surface area contributed by atoms with Crippen LogP contribution in [-0.2, 0) is 23.0 Å². The van der Waals surface area contributed by atoms with Crippen LogP contribution in [0.5, 0.6) is 0 Å². The number of nitrogens with one attached hydrogen (secondary N) is 2. The van der Waals surface area contributed by atoms with Gasteiger partial charge in [0.25, 0.3) is 0 Å². The van der Waals surface area contributed by atoms with Crippen molar-refractivity contribution in [2.75, 3.05) is 11.3 Å². The fourth-order valence-electron chi connectivity index (χ4n) is 2.21. The van der Waals surface area contributed by atoms with Crippen molar-refractivity contribution in [1.82, 2.24) is 5.32 Å². The van der Waals surface area contributed by atoms with Crippen molar-refractivity contribution in [3.05, 3.63) is 29.3 Å². The molecule has 1 atom stereocenters. The molecule has 6 heteroatoms. The highest BCUT2D eigenvalue weighted by Gasteiger charge is 2.25. The maximum absolute atomic E-state index is 12.1. The predicted molar refractivity (Wildman–Crippen MR) is 74.1 cm³/mol. The summed E-state index contributed by atoms with van der Waals surface area (Å²) in [7, 11) is -3.65. The molecule has 0 amide bonds. The minimum absolute atomic E-state index is 0.277. The molecule has 2 rings (SSSR count). The van der Waals surface area contributed by atoms with Crippen LogP contribution in [0.1, 0.15) is 24.5 Å². The summed E-state index contributed by atoms with van der Waals surface area (Å²) in [5, 5.41) is 11.1. The average Bonchev–Trinajstić information content (AvgIpc) is 2.40. The number of sulfonamides is 1. The zero-order valence-corrected chi connectivity index (χ0v) is 11.6. The number of hydrogen-bond donors (Lipinski definition) is 2. The zero-order valence-electron chi connectivity index (χ0n) is 10.8. The first-order valence-corrected chi connectivity index (χ1v) is 7.86. The topological polar surface area (TPSA) is 82.0 Å². The second-order valence-electron chi connectivity index (χ2n) is 4.54.